The summed E-state index contributed by atoms with van der Waals surface area (Å²) in [7, 11) is 1.75. The highest BCUT2D eigenvalue weighted by Crippen LogP contribution is 2.20. The van der Waals surface area contributed by atoms with E-state index in [4.69, 9.17) is 5.73 Å². The van der Waals surface area contributed by atoms with Crippen LogP contribution in [0.15, 0.2) is 54.7 Å². The molecule has 0 saturated carbocycles. The number of likely N-dealkylation sites (N-methyl/N-ethyl adjacent to an activating group) is 1. The van der Waals surface area contributed by atoms with Crippen molar-refractivity contribution >= 4 is 18.3 Å². The summed E-state index contributed by atoms with van der Waals surface area (Å²) in [6.45, 7) is 1.94. The molecule has 21 heavy (non-hydrogen) atoms. The van der Waals surface area contributed by atoms with E-state index in [0.29, 0.717) is 0 Å². The number of carbonyl (C=O) groups excluding carboxylic acids is 1. The van der Waals surface area contributed by atoms with Gasteiger partial charge in [0.2, 0.25) is 5.91 Å². The average molecular weight is 306 g/mol. The molecule has 112 valence electrons. The first kappa shape index (κ1) is 17.1. The van der Waals surface area contributed by atoms with Gasteiger partial charge in [-0.1, -0.05) is 36.4 Å². The Morgan fingerprint density at radius 2 is 1.76 bits per heavy atom. The first-order valence-electron chi connectivity index (χ1n) is 6.59. The summed E-state index contributed by atoms with van der Waals surface area (Å²) in [6.07, 6.45) is 1.72. The third-order valence-electron chi connectivity index (χ3n) is 3.47. The molecule has 2 N–H and O–H groups in total. The number of nitrogens with zero attached hydrogens (tertiary/aromatic N) is 2. The molecule has 2 aromatic rings. The van der Waals surface area contributed by atoms with Gasteiger partial charge in [0.15, 0.2) is 0 Å². The molecule has 0 aliphatic heterocycles. The van der Waals surface area contributed by atoms with E-state index in [1.807, 2.05) is 55.5 Å². The SMILES string of the molecule is CC(c1ccccn1)N(C)C(=O)C(N)c1ccccc1.Cl. The smallest absolute Gasteiger partial charge is 0.244 e. The van der Waals surface area contributed by atoms with Crippen LogP contribution in [-0.2, 0) is 4.79 Å². The maximum absolute atomic E-state index is 12.4. The fraction of sp³-hybridized carbons (Fsp3) is 0.250. The number of nitrogens with two attached hydrogens (primary N) is 1. The first-order chi connectivity index (χ1) is 9.61. The van der Waals surface area contributed by atoms with Crippen LogP contribution in [0.5, 0.6) is 0 Å². The van der Waals surface area contributed by atoms with Crippen molar-refractivity contribution in [2.45, 2.75) is 19.0 Å². The van der Waals surface area contributed by atoms with E-state index in [9.17, 15) is 4.79 Å². The highest BCUT2D eigenvalue weighted by atomic mass is 35.5. The maximum atomic E-state index is 12.4. The molecule has 2 unspecified atom stereocenters. The van der Waals surface area contributed by atoms with E-state index >= 15 is 0 Å². The minimum atomic E-state index is -0.646. The van der Waals surface area contributed by atoms with Gasteiger partial charge in [0, 0.05) is 13.2 Å². The Bertz CT molecular complexity index is 562. The zero-order valence-corrected chi connectivity index (χ0v) is 13.0. The molecule has 1 heterocycles. The molecule has 0 radical (unpaired) electrons. The zero-order valence-electron chi connectivity index (χ0n) is 12.1. The van der Waals surface area contributed by atoms with E-state index in [0.717, 1.165) is 11.3 Å². The molecule has 0 aliphatic rings. The lowest BCUT2D eigenvalue weighted by molar-refractivity contribution is -0.133. The minimum Gasteiger partial charge on any atom is -0.336 e. The van der Waals surface area contributed by atoms with E-state index in [2.05, 4.69) is 4.98 Å². The van der Waals surface area contributed by atoms with Crippen LogP contribution < -0.4 is 5.73 Å². The minimum absolute atomic E-state index is 0. The fourth-order valence-corrected chi connectivity index (χ4v) is 2.03. The van der Waals surface area contributed by atoms with Crippen molar-refractivity contribution in [3.8, 4) is 0 Å². The highest BCUT2D eigenvalue weighted by molar-refractivity contribution is 5.85. The van der Waals surface area contributed by atoms with Crippen LogP contribution in [-0.4, -0.2) is 22.8 Å². The fourth-order valence-electron chi connectivity index (χ4n) is 2.03. The van der Waals surface area contributed by atoms with Gasteiger partial charge in [-0.15, -0.1) is 12.4 Å². The predicted molar refractivity (Wildman–Crippen MR) is 86.0 cm³/mol. The van der Waals surface area contributed by atoms with Gasteiger partial charge >= 0.3 is 0 Å². The van der Waals surface area contributed by atoms with E-state index < -0.39 is 6.04 Å². The second-order valence-electron chi connectivity index (χ2n) is 4.77. The van der Waals surface area contributed by atoms with Crippen LogP contribution in [0.1, 0.15) is 30.3 Å². The Labute approximate surface area is 131 Å². The van der Waals surface area contributed by atoms with E-state index in [1.54, 1.807) is 18.1 Å². The summed E-state index contributed by atoms with van der Waals surface area (Å²) in [4.78, 5) is 18.3. The third kappa shape index (κ3) is 4.03. The second-order valence-corrected chi connectivity index (χ2v) is 4.77. The summed E-state index contributed by atoms with van der Waals surface area (Å²) in [5.41, 5.74) is 7.71. The molecule has 5 heteroatoms. The number of amides is 1. The summed E-state index contributed by atoms with van der Waals surface area (Å²) >= 11 is 0. The third-order valence-corrected chi connectivity index (χ3v) is 3.47. The Hall–Kier alpha value is -1.91. The molecule has 1 amide bonds. The summed E-state index contributed by atoms with van der Waals surface area (Å²) < 4.78 is 0. The molecule has 0 spiro atoms. The van der Waals surface area contributed by atoms with Gasteiger partial charge in [-0.3, -0.25) is 9.78 Å². The van der Waals surface area contributed by atoms with Gasteiger partial charge < -0.3 is 10.6 Å². The van der Waals surface area contributed by atoms with Crippen molar-refractivity contribution in [1.82, 2.24) is 9.88 Å². The number of benzene rings is 1. The van der Waals surface area contributed by atoms with E-state index in [-0.39, 0.29) is 24.4 Å². The average Bonchev–Trinajstić information content (AvgIpc) is 2.53. The number of rotatable bonds is 4. The molecule has 2 atom stereocenters. The standard InChI is InChI=1S/C16H19N3O.ClH/c1-12(14-10-6-7-11-18-14)19(2)16(20)15(17)13-8-4-3-5-9-13;/h3-12,15H,17H2,1-2H3;1H. The molecule has 0 saturated heterocycles. The number of hydrogen-bond acceptors (Lipinski definition) is 3. The topological polar surface area (TPSA) is 59.2 Å². The summed E-state index contributed by atoms with van der Waals surface area (Å²) in [6, 6.07) is 14.3. The van der Waals surface area contributed by atoms with Crippen molar-refractivity contribution in [1.29, 1.82) is 0 Å². The Balaban J connectivity index is 0.00000220. The lowest BCUT2D eigenvalue weighted by atomic mass is 10.1. The molecule has 0 fully saturated rings. The van der Waals surface area contributed by atoms with Crippen molar-refractivity contribution in [2.24, 2.45) is 5.73 Å². The summed E-state index contributed by atoms with van der Waals surface area (Å²) in [5.74, 6) is -0.116. The number of hydrogen-bond donors (Lipinski definition) is 1. The van der Waals surface area contributed by atoms with Gasteiger partial charge in [-0.2, -0.15) is 0 Å². The number of pyridine rings is 1. The maximum Gasteiger partial charge on any atom is 0.244 e. The molecule has 0 aliphatic carbocycles. The van der Waals surface area contributed by atoms with Crippen molar-refractivity contribution in [2.75, 3.05) is 7.05 Å². The van der Waals surface area contributed by atoms with Crippen LogP contribution >= 0.6 is 12.4 Å². The highest BCUT2D eigenvalue weighted by Gasteiger charge is 2.24. The van der Waals surface area contributed by atoms with Crippen LogP contribution in [0, 0.1) is 0 Å². The lowest BCUT2D eigenvalue weighted by Crippen LogP contribution is -2.37. The van der Waals surface area contributed by atoms with Gasteiger partial charge in [0.1, 0.15) is 6.04 Å². The molecule has 1 aromatic heterocycles. The van der Waals surface area contributed by atoms with Crippen LogP contribution in [0.2, 0.25) is 0 Å². The lowest BCUT2D eigenvalue weighted by Gasteiger charge is -2.27. The predicted octanol–water partition coefficient (Wildman–Crippen LogP) is 2.72. The summed E-state index contributed by atoms with van der Waals surface area (Å²) in [5, 5.41) is 0. The quantitative estimate of drug-likeness (QED) is 0.945. The molecular weight excluding hydrogens is 286 g/mol. The van der Waals surface area contributed by atoms with Crippen molar-refractivity contribution < 1.29 is 4.79 Å². The normalized spacial score (nSPS) is 12.9. The van der Waals surface area contributed by atoms with Gasteiger partial charge in [0.25, 0.3) is 0 Å². The molecule has 1 aromatic carbocycles. The largest absolute Gasteiger partial charge is 0.336 e. The monoisotopic (exact) mass is 305 g/mol. The second kappa shape index (κ2) is 7.76. The van der Waals surface area contributed by atoms with E-state index in [1.165, 1.54) is 0 Å². The number of aromatic nitrogens is 1. The molecule has 4 nitrogen and oxygen atoms in total. The molecular formula is C16H20ClN3O. The first-order valence-corrected chi connectivity index (χ1v) is 6.59. The van der Waals surface area contributed by atoms with Crippen molar-refractivity contribution in [3.63, 3.8) is 0 Å². The van der Waals surface area contributed by atoms with Crippen LogP contribution in [0.3, 0.4) is 0 Å². The van der Waals surface area contributed by atoms with Gasteiger partial charge in [-0.05, 0) is 24.6 Å². The molecule has 2 rings (SSSR count). The number of halogens is 1. The van der Waals surface area contributed by atoms with Gasteiger partial charge in [0.05, 0.1) is 11.7 Å². The Morgan fingerprint density at radius 3 is 2.33 bits per heavy atom. The van der Waals surface area contributed by atoms with Gasteiger partial charge in [-0.25, -0.2) is 0 Å². The van der Waals surface area contributed by atoms with Crippen LogP contribution in [0.4, 0.5) is 0 Å². The molecule has 0 bridgehead atoms. The Kier molecular flexibility index (Phi) is 6.34. The van der Waals surface area contributed by atoms with Crippen LogP contribution in [0.25, 0.3) is 0 Å². The Morgan fingerprint density at radius 1 is 1.14 bits per heavy atom. The number of carbonyl (C=O) groups is 1. The zero-order chi connectivity index (χ0) is 14.5. The van der Waals surface area contributed by atoms with Crippen molar-refractivity contribution in [3.05, 3.63) is 66.0 Å².